The Morgan fingerprint density at radius 2 is 1.62 bits per heavy atom. The first-order valence-corrected chi connectivity index (χ1v) is 7.13. The molecule has 0 amide bonds. The fraction of sp³-hybridized carbons (Fsp3) is 0.118. The number of hydrogen-bond acceptors (Lipinski definition) is 6. The van der Waals surface area contributed by atoms with Gasteiger partial charge in [0, 0.05) is 5.56 Å². The van der Waals surface area contributed by atoms with Gasteiger partial charge in [-0.3, -0.25) is 0 Å². The summed E-state index contributed by atoms with van der Waals surface area (Å²) < 4.78 is 6.58. The number of fused-ring (bicyclic) bond motifs is 1. The number of hydrogen-bond donors (Lipinski definition) is 0. The van der Waals surface area contributed by atoms with Gasteiger partial charge in [-0.15, -0.1) is 0 Å². The minimum atomic E-state index is -1.31. The molecule has 122 valence electrons. The standard InChI is InChI=1S/C17H14N2O5.2Na/c20-15(21)9-19-14-4-2-1-3-13(14)18-17(19)11-5-7-12(8-6-11)24-10-16(22)23;;/h1-8H,9-10H2,(H,20,21)(H,22,23);;/q;2*+1/p-2. The fourth-order valence-electron chi connectivity index (χ4n) is 2.43. The van der Waals surface area contributed by atoms with Crippen molar-refractivity contribution in [2.45, 2.75) is 6.54 Å². The molecule has 2 aromatic carbocycles. The normalized spacial score (nSPS) is 9.85. The van der Waals surface area contributed by atoms with E-state index >= 15 is 0 Å². The summed E-state index contributed by atoms with van der Waals surface area (Å²) in [5.41, 5.74) is 2.04. The van der Waals surface area contributed by atoms with Gasteiger partial charge in [0.15, 0.2) is 0 Å². The largest absolute Gasteiger partial charge is 1.00 e. The molecule has 0 unspecified atom stereocenters. The number of carboxylic acid groups (broad SMARTS) is 2. The Bertz CT molecular complexity index is 909. The van der Waals surface area contributed by atoms with Crippen molar-refractivity contribution in [3.8, 4) is 17.1 Å². The number of aromatic nitrogens is 2. The van der Waals surface area contributed by atoms with E-state index in [2.05, 4.69) is 4.98 Å². The molecule has 0 aliphatic carbocycles. The minimum Gasteiger partial charge on any atom is -0.548 e. The third-order valence-corrected chi connectivity index (χ3v) is 3.41. The molecule has 7 nitrogen and oxygen atoms in total. The van der Waals surface area contributed by atoms with Crippen molar-refractivity contribution >= 4 is 23.0 Å². The molecular formula is C17H12N2Na2O5. The van der Waals surface area contributed by atoms with Crippen LogP contribution in [0, 0.1) is 0 Å². The van der Waals surface area contributed by atoms with E-state index in [1.807, 2.05) is 6.07 Å². The van der Waals surface area contributed by atoms with Gasteiger partial charge < -0.3 is 29.1 Å². The first-order chi connectivity index (χ1) is 11.5. The zero-order valence-corrected chi connectivity index (χ0v) is 18.5. The van der Waals surface area contributed by atoms with Gasteiger partial charge in [0.05, 0.1) is 29.5 Å². The van der Waals surface area contributed by atoms with Crippen molar-refractivity contribution in [1.82, 2.24) is 9.55 Å². The van der Waals surface area contributed by atoms with Crippen LogP contribution in [0.1, 0.15) is 0 Å². The molecule has 26 heavy (non-hydrogen) atoms. The second kappa shape index (κ2) is 10.1. The zero-order valence-electron chi connectivity index (χ0n) is 14.5. The number of benzene rings is 2. The van der Waals surface area contributed by atoms with Gasteiger partial charge >= 0.3 is 59.1 Å². The number of aliphatic carboxylic acids is 2. The van der Waals surface area contributed by atoms with Crippen LogP contribution in [0.2, 0.25) is 0 Å². The van der Waals surface area contributed by atoms with Crippen LogP contribution in [0.4, 0.5) is 0 Å². The Kier molecular flexibility index (Phi) is 8.82. The quantitative estimate of drug-likeness (QED) is 0.400. The van der Waals surface area contributed by atoms with Crippen LogP contribution in [-0.2, 0) is 16.1 Å². The molecule has 1 heterocycles. The number of para-hydroxylation sites is 2. The topological polar surface area (TPSA) is 107 Å². The number of nitrogens with zero attached hydrogens (tertiary/aromatic N) is 2. The van der Waals surface area contributed by atoms with Gasteiger partial charge in [-0.25, -0.2) is 4.98 Å². The molecule has 9 heteroatoms. The molecule has 0 spiro atoms. The fourth-order valence-corrected chi connectivity index (χ4v) is 2.43. The molecule has 0 aliphatic heterocycles. The first-order valence-electron chi connectivity index (χ1n) is 7.13. The van der Waals surface area contributed by atoms with E-state index in [9.17, 15) is 19.8 Å². The number of carbonyl (C=O) groups excluding carboxylic acids is 2. The second-order valence-electron chi connectivity index (χ2n) is 5.07. The van der Waals surface area contributed by atoms with E-state index in [1.165, 1.54) is 0 Å². The Labute approximate surface area is 193 Å². The SMILES string of the molecule is O=C([O-])COc1ccc(-c2nc3ccccc3n2CC(=O)[O-])cc1.[Na+].[Na+]. The summed E-state index contributed by atoms with van der Waals surface area (Å²) in [6.07, 6.45) is 0. The van der Waals surface area contributed by atoms with Crippen molar-refractivity contribution in [1.29, 1.82) is 0 Å². The van der Waals surface area contributed by atoms with Crippen LogP contribution in [0.25, 0.3) is 22.4 Å². The summed E-state index contributed by atoms with van der Waals surface area (Å²) in [6, 6.07) is 13.7. The van der Waals surface area contributed by atoms with Gasteiger partial charge in [-0.05, 0) is 36.4 Å². The average Bonchev–Trinajstić information content (AvgIpc) is 2.91. The van der Waals surface area contributed by atoms with Crippen molar-refractivity contribution in [3.05, 3.63) is 48.5 Å². The molecular weight excluding hydrogens is 358 g/mol. The summed E-state index contributed by atoms with van der Waals surface area (Å²) in [5.74, 6) is -1.68. The molecule has 0 bridgehead atoms. The van der Waals surface area contributed by atoms with Gasteiger partial charge in [-0.1, -0.05) is 12.1 Å². The van der Waals surface area contributed by atoms with Gasteiger partial charge in [-0.2, -0.15) is 0 Å². The van der Waals surface area contributed by atoms with Gasteiger partial charge in [0.25, 0.3) is 0 Å². The number of rotatable bonds is 6. The molecule has 0 fully saturated rings. The van der Waals surface area contributed by atoms with Crippen LogP contribution < -0.4 is 74.1 Å². The monoisotopic (exact) mass is 370 g/mol. The molecule has 1 aromatic heterocycles. The summed E-state index contributed by atoms with van der Waals surface area (Å²) in [5, 5.41) is 21.5. The molecule has 3 aromatic rings. The Morgan fingerprint density at radius 3 is 2.23 bits per heavy atom. The first kappa shape index (κ1) is 22.7. The zero-order chi connectivity index (χ0) is 17.1. The number of carbonyl (C=O) groups is 2. The minimum absolute atomic E-state index is 0. The van der Waals surface area contributed by atoms with E-state index in [1.54, 1.807) is 47.0 Å². The van der Waals surface area contributed by atoms with E-state index in [0.29, 0.717) is 28.2 Å². The molecule has 3 rings (SSSR count). The summed E-state index contributed by atoms with van der Waals surface area (Å²) in [7, 11) is 0. The van der Waals surface area contributed by atoms with Crippen molar-refractivity contribution < 1.29 is 83.7 Å². The van der Waals surface area contributed by atoms with Crippen molar-refractivity contribution in [2.24, 2.45) is 0 Å². The molecule has 0 N–H and O–H groups in total. The van der Waals surface area contributed by atoms with Crippen molar-refractivity contribution in [2.75, 3.05) is 6.61 Å². The van der Waals surface area contributed by atoms with E-state index in [4.69, 9.17) is 4.74 Å². The average molecular weight is 370 g/mol. The maximum atomic E-state index is 11.1. The van der Waals surface area contributed by atoms with Gasteiger partial charge in [0.2, 0.25) is 0 Å². The molecule has 0 atom stereocenters. The molecule has 0 aliphatic rings. The maximum absolute atomic E-state index is 11.1. The number of imidazole rings is 1. The van der Waals surface area contributed by atoms with E-state index in [0.717, 1.165) is 0 Å². The van der Waals surface area contributed by atoms with Gasteiger partial charge in [0.1, 0.15) is 18.2 Å². The Balaban J connectivity index is 0.00000169. The Morgan fingerprint density at radius 1 is 0.962 bits per heavy atom. The van der Waals surface area contributed by atoms with Crippen LogP contribution in [0.15, 0.2) is 48.5 Å². The van der Waals surface area contributed by atoms with Crippen molar-refractivity contribution in [3.63, 3.8) is 0 Å². The third-order valence-electron chi connectivity index (χ3n) is 3.41. The van der Waals surface area contributed by atoms with E-state index in [-0.39, 0.29) is 65.7 Å². The maximum Gasteiger partial charge on any atom is 1.00 e. The summed E-state index contributed by atoms with van der Waals surface area (Å²) in [6.45, 7) is -0.860. The summed E-state index contributed by atoms with van der Waals surface area (Å²) in [4.78, 5) is 25.9. The predicted octanol–water partition coefficient (Wildman–Crippen LogP) is -6.41. The van der Waals surface area contributed by atoms with E-state index < -0.39 is 18.5 Å². The third kappa shape index (κ3) is 5.33. The van der Waals surface area contributed by atoms with Crippen LogP contribution in [0.3, 0.4) is 0 Å². The Hall–Kier alpha value is -1.35. The summed E-state index contributed by atoms with van der Waals surface area (Å²) >= 11 is 0. The second-order valence-corrected chi connectivity index (χ2v) is 5.07. The molecule has 0 saturated heterocycles. The molecule has 0 radical (unpaired) electrons. The van der Waals surface area contributed by atoms with Crippen LogP contribution in [-0.4, -0.2) is 28.1 Å². The van der Waals surface area contributed by atoms with Crippen LogP contribution >= 0.6 is 0 Å². The number of carboxylic acids is 2. The molecule has 0 saturated carbocycles. The number of ether oxygens (including phenoxy) is 1. The smallest absolute Gasteiger partial charge is 0.548 e. The van der Waals surface area contributed by atoms with Crippen LogP contribution in [0.5, 0.6) is 5.75 Å². The predicted molar refractivity (Wildman–Crippen MR) is 80.7 cm³/mol.